The first kappa shape index (κ1) is 15.1. The van der Waals surface area contributed by atoms with E-state index in [4.69, 9.17) is 4.52 Å². The molecule has 0 bridgehead atoms. The van der Waals surface area contributed by atoms with Crippen molar-refractivity contribution in [1.29, 1.82) is 0 Å². The van der Waals surface area contributed by atoms with Crippen molar-refractivity contribution in [2.75, 3.05) is 0 Å². The van der Waals surface area contributed by atoms with Crippen molar-refractivity contribution in [3.63, 3.8) is 0 Å². The fraction of sp³-hybridized carbons (Fsp3) is 0.235. The molecule has 0 aliphatic carbocycles. The molecule has 23 heavy (non-hydrogen) atoms. The number of imidazole rings is 1. The highest BCUT2D eigenvalue weighted by Crippen LogP contribution is 2.21. The zero-order chi connectivity index (χ0) is 16.1. The molecule has 118 valence electrons. The number of aromatic nitrogens is 3. The average Bonchev–Trinajstić information content (AvgIpc) is 3.23. The number of hydrogen-bond acceptors (Lipinski definition) is 4. The molecule has 0 radical (unpaired) electrons. The highest BCUT2D eigenvalue weighted by molar-refractivity contribution is 5.94. The topological polar surface area (TPSA) is 60.9 Å². The third-order valence-electron chi connectivity index (χ3n) is 3.53. The summed E-state index contributed by atoms with van der Waals surface area (Å²) >= 11 is 0. The van der Waals surface area contributed by atoms with Gasteiger partial charge in [0.2, 0.25) is 0 Å². The molecule has 0 N–H and O–H groups in total. The van der Waals surface area contributed by atoms with Crippen molar-refractivity contribution in [2.45, 2.75) is 25.8 Å². The third kappa shape index (κ3) is 3.91. The quantitative estimate of drug-likeness (QED) is 0.492. The molecule has 6 heteroatoms. The standard InChI is InChI=1S/C17H16FN3O2/c18-14-5-3-4-13(10-14)17-11-15(20-23-17)16(22)6-1-2-8-21-9-7-19-12-21/h3-5,7,9-12H,1-2,6,8H2. The molecule has 0 saturated heterocycles. The van der Waals surface area contributed by atoms with Crippen molar-refractivity contribution < 1.29 is 13.7 Å². The number of halogens is 1. The van der Waals surface area contributed by atoms with Crippen molar-refractivity contribution in [3.05, 3.63) is 60.6 Å². The number of carbonyl (C=O) groups is 1. The molecular formula is C17H16FN3O2. The summed E-state index contributed by atoms with van der Waals surface area (Å²) in [6.07, 6.45) is 7.43. The lowest BCUT2D eigenvalue weighted by Crippen LogP contribution is -2.01. The fourth-order valence-electron chi connectivity index (χ4n) is 2.31. The van der Waals surface area contributed by atoms with Crippen LogP contribution in [0.25, 0.3) is 11.3 Å². The van der Waals surface area contributed by atoms with Crippen LogP contribution >= 0.6 is 0 Å². The van der Waals surface area contributed by atoms with Gasteiger partial charge in [0, 0.05) is 37.0 Å². The molecule has 0 spiro atoms. The Labute approximate surface area is 132 Å². The largest absolute Gasteiger partial charge is 0.356 e. The zero-order valence-corrected chi connectivity index (χ0v) is 12.5. The first-order valence-electron chi connectivity index (χ1n) is 7.44. The van der Waals surface area contributed by atoms with E-state index < -0.39 is 0 Å². The average molecular weight is 313 g/mol. The molecule has 5 nitrogen and oxygen atoms in total. The van der Waals surface area contributed by atoms with Gasteiger partial charge in [-0.25, -0.2) is 9.37 Å². The number of aryl methyl sites for hydroxylation is 1. The Morgan fingerprint density at radius 3 is 2.96 bits per heavy atom. The van der Waals surface area contributed by atoms with Gasteiger partial charge in [0.05, 0.1) is 6.33 Å². The smallest absolute Gasteiger partial charge is 0.184 e. The summed E-state index contributed by atoms with van der Waals surface area (Å²) in [6.45, 7) is 0.834. The lowest BCUT2D eigenvalue weighted by atomic mass is 10.1. The molecule has 0 saturated carbocycles. The summed E-state index contributed by atoms with van der Waals surface area (Å²) in [5, 5.41) is 3.79. The highest BCUT2D eigenvalue weighted by Gasteiger charge is 2.13. The van der Waals surface area contributed by atoms with Gasteiger partial charge < -0.3 is 9.09 Å². The molecular weight excluding hydrogens is 297 g/mol. The maximum atomic E-state index is 13.2. The van der Waals surface area contributed by atoms with Crippen LogP contribution < -0.4 is 0 Å². The number of rotatable bonds is 7. The Morgan fingerprint density at radius 1 is 1.26 bits per heavy atom. The van der Waals surface area contributed by atoms with E-state index in [0.29, 0.717) is 17.7 Å². The maximum Gasteiger partial charge on any atom is 0.184 e. The van der Waals surface area contributed by atoms with Crippen LogP contribution in [0.1, 0.15) is 29.8 Å². The summed E-state index contributed by atoms with van der Waals surface area (Å²) in [7, 11) is 0. The molecule has 0 atom stereocenters. The minimum absolute atomic E-state index is 0.0676. The van der Waals surface area contributed by atoms with E-state index >= 15 is 0 Å². The first-order valence-corrected chi connectivity index (χ1v) is 7.44. The number of ketones is 1. The second-order valence-corrected chi connectivity index (χ2v) is 5.27. The first-order chi connectivity index (χ1) is 11.2. The van der Waals surface area contributed by atoms with Gasteiger partial charge in [-0.1, -0.05) is 17.3 Å². The Kier molecular flexibility index (Phi) is 4.61. The molecule has 1 aromatic carbocycles. The third-order valence-corrected chi connectivity index (χ3v) is 3.53. The molecule has 0 aliphatic rings. The summed E-state index contributed by atoms with van der Waals surface area (Å²) < 4.78 is 20.3. The predicted molar refractivity (Wildman–Crippen MR) is 82.3 cm³/mol. The van der Waals surface area contributed by atoms with Crippen molar-refractivity contribution in [3.8, 4) is 11.3 Å². The monoisotopic (exact) mass is 313 g/mol. The van der Waals surface area contributed by atoms with Crippen LogP contribution in [-0.2, 0) is 6.54 Å². The summed E-state index contributed by atoms with van der Waals surface area (Å²) in [5.74, 6) is -0.0282. The fourth-order valence-corrected chi connectivity index (χ4v) is 2.31. The number of nitrogens with zero attached hydrogens (tertiary/aromatic N) is 3. The molecule has 3 rings (SSSR count). The minimum atomic E-state index is -0.355. The van der Waals surface area contributed by atoms with Crippen LogP contribution in [0.4, 0.5) is 4.39 Å². The van der Waals surface area contributed by atoms with E-state index in [9.17, 15) is 9.18 Å². The number of Topliss-reactive ketones (excluding diaryl/α,β-unsaturated/α-hetero) is 1. The van der Waals surface area contributed by atoms with Gasteiger partial charge in [-0.05, 0) is 25.0 Å². The minimum Gasteiger partial charge on any atom is -0.356 e. The Balaban J connectivity index is 1.54. The van der Waals surface area contributed by atoms with Crippen LogP contribution in [0.3, 0.4) is 0 Å². The number of hydrogen-bond donors (Lipinski definition) is 0. The Morgan fingerprint density at radius 2 is 2.17 bits per heavy atom. The van der Waals surface area contributed by atoms with E-state index in [1.807, 2.05) is 10.8 Å². The predicted octanol–water partition coefficient (Wildman–Crippen LogP) is 3.73. The molecule has 3 aromatic rings. The van der Waals surface area contributed by atoms with E-state index in [1.165, 1.54) is 12.1 Å². The van der Waals surface area contributed by atoms with Gasteiger partial charge in [0.1, 0.15) is 11.5 Å². The summed E-state index contributed by atoms with van der Waals surface area (Å²) in [4.78, 5) is 16.1. The van der Waals surface area contributed by atoms with Crippen molar-refractivity contribution >= 4 is 5.78 Å². The van der Waals surface area contributed by atoms with Crippen LogP contribution in [0.15, 0.2) is 53.6 Å². The van der Waals surface area contributed by atoms with Gasteiger partial charge in [0.15, 0.2) is 11.5 Å². The molecule has 2 aromatic heterocycles. The highest BCUT2D eigenvalue weighted by atomic mass is 19.1. The molecule has 0 fully saturated rings. The van der Waals surface area contributed by atoms with E-state index in [2.05, 4.69) is 10.1 Å². The van der Waals surface area contributed by atoms with E-state index in [1.54, 1.807) is 30.7 Å². The number of unbranched alkanes of at least 4 members (excludes halogenated alkanes) is 1. The van der Waals surface area contributed by atoms with Crippen molar-refractivity contribution in [2.24, 2.45) is 0 Å². The Hall–Kier alpha value is -2.76. The number of carbonyl (C=O) groups excluding carboxylic acids is 1. The second-order valence-electron chi connectivity index (χ2n) is 5.27. The SMILES string of the molecule is O=C(CCCCn1ccnc1)c1cc(-c2cccc(F)c2)on1. The maximum absolute atomic E-state index is 13.2. The normalized spacial score (nSPS) is 10.8. The van der Waals surface area contributed by atoms with Gasteiger partial charge in [0.25, 0.3) is 0 Å². The summed E-state index contributed by atoms with van der Waals surface area (Å²) in [5.41, 5.74) is 0.851. The molecule has 0 amide bonds. The van der Waals surface area contributed by atoms with Gasteiger partial charge >= 0.3 is 0 Å². The number of benzene rings is 1. The van der Waals surface area contributed by atoms with Gasteiger partial charge in [-0.2, -0.15) is 0 Å². The lowest BCUT2D eigenvalue weighted by Gasteiger charge is -2.00. The van der Waals surface area contributed by atoms with Gasteiger partial charge in [-0.15, -0.1) is 0 Å². The summed E-state index contributed by atoms with van der Waals surface area (Å²) in [6, 6.07) is 7.56. The molecule has 2 heterocycles. The molecule has 0 aliphatic heterocycles. The van der Waals surface area contributed by atoms with Crippen molar-refractivity contribution in [1.82, 2.24) is 14.7 Å². The van der Waals surface area contributed by atoms with E-state index in [-0.39, 0.29) is 17.3 Å². The van der Waals surface area contributed by atoms with Crippen LogP contribution in [0, 0.1) is 5.82 Å². The second kappa shape index (κ2) is 7.00. The van der Waals surface area contributed by atoms with Crippen LogP contribution in [-0.4, -0.2) is 20.5 Å². The van der Waals surface area contributed by atoms with Crippen LogP contribution in [0.5, 0.6) is 0 Å². The Bertz CT molecular complexity index is 781. The lowest BCUT2D eigenvalue weighted by molar-refractivity contribution is 0.0970. The zero-order valence-electron chi connectivity index (χ0n) is 12.5. The van der Waals surface area contributed by atoms with E-state index in [0.717, 1.165) is 19.4 Å². The van der Waals surface area contributed by atoms with Crippen LogP contribution in [0.2, 0.25) is 0 Å². The molecule has 0 unspecified atom stereocenters. The van der Waals surface area contributed by atoms with Gasteiger partial charge in [-0.3, -0.25) is 4.79 Å².